The number of hydrogen-bond acceptors (Lipinski definition) is 3. The van der Waals surface area contributed by atoms with E-state index in [1.54, 1.807) is 0 Å². The molecule has 18 heavy (non-hydrogen) atoms. The highest BCUT2D eigenvalue weighted by molar-refractivity contribution is 5.03. The van der Waals surface area contributed by atoms with Crippen molar-refractivity contribution in [2.75, 3.05) is 32.7 Å². The lowest BCUT2D eigenvalue weighted by atomic mass is 9.63. The SMILES string of the molecule is CCN(CC)CCNC1(CN)CCCCC1(C)C. The van der Waals surface area contributed by atoms with E-state index >= 15 is 0 Å². The lowest BCUT2D eigenvalue weighted by molar-refractivity contribution is 0.0665. The Morgan fingerprint density at radius 1 is 1.11 bits per heavy atom. The highest BCUT2D eigenvalue weighted by atomic mass is 15.1. The van der Waals surface area contributed by atoms with Gasteiger partial charge in [-0.15, -0.1) is 0 Å². The van der Waals surface area contributed by atoms with Crippen molar-refractivity contribution >= 4 is 0 Å². The third-order valence-corrected chi connectivity index (χ3v) is 5.09. The van der Waals surface area contributed by atoms with Crippen molar-refractivity contribution in [1.82, 2.24) is 10.2 Å². The van der Waals surface area contributed by atoms with Crippen LogP contribution in [-0.2, 0) is 0 Å². The predicted octanol–water partition coefficient (Wildman–Crippen LogP) is 2.22. The molecule has 1 rings (SSSR count). The normalized spacial score (nSPS) is 27.7. The van der Waals surface area contributed by atoms with Crippen molar-refractivity contribution in [2.24, 2.45) is 11.1 Å². The highest BCUT2D eigenvalue weighted by Crippen LogP contribution is 2.43. The second kappa shape index (κ2) is 6.88. The summed E-state index contributed by atoms with van der Waals surface area (Å²) in [7, 11) is 0. The fourth-order valence-corrected chi connectivity index (χ4v) is 3.34. The van der Waals surface area contributed by atoms with Crippen molar-refractivity contribution in [1.29, 1.82) is 0 Å². The van der Waals surface area contributed by atoms with Crippen LogP contribution in [0.25, 0.3) is 0 Å². The molecule has 1 fully saturated rings. The van der Waals surface area contributed by atoms with Gasteiger partial charge in [0, 0.05) is 25.2 Å². The zero-order valence-electron chi connectivity index (χ0n) is 12.9. The molecule has 1 atom stereocenters. The fraction of sp³-hybridized carbons (Fsp3) is 1.00. The quantitative estimate of drug-likeness (QED) is 0.733. The van der Waals surface area contributed by atoms with Crippen LogP contribution in [0.1, 0.15) is 53.4 Å². The maximum Gasteiger partial charge on any atom is 0.0355 e. The molecule has 0 heterocycles. The van der Waals surface area contributed by atoms with Crippen LogP contribution >= 0.6 is 0 Å². The predicted molar refractivity (Wildman–Crippen MR) is 79.8 cm³/mol. The first-order valence-electron chi connectivity index (χ1n) is 7.69. The summed E-state index contributed by atoms with van der Waals surface area (Å²) in [4.78, 5) is 2.47. The molecule has 3 nitrogen and oxygen atoms in total. The number of nitrogens with one attached hydrogen (secondary N) is 1. The molecule has 1 saturated carbocycles. The Bertz CT molecular complexity index is 236. The molecule has 0 aromatic carbocycles. The van der Waals surface area contributed by atoms with Gasteiger partial charge in [-0.05, 0) is 31.3 Å². The van der Waals surface area contributed by atoms with Crippen molar-refractivity contribution in [3.05, 3.63) is 0 Å². The zero-order valence-corrected chi connectivity index (χ0v) is 12.9. The van der Waals surface area contributed by atoms with Crippen molar-refractivity contribution < 1.29 is 0 Å². The van der Waals surface area contributed by atoms with Crippen LogP contribution in [0.5, 0.6) is 0 Å². The standard InChI is InChI=1S/C15H33N3/c1-5-18(6-2)12-11-17-15(13-16)10-8-7-9-14(15,3)4/h17H,5-13,16H2,1-4H3. The molecule has 1 unspecified atom stereocenters. The Morgan fingerprint density at radius 3 is 2.22 bits per heavy atom. The number of nitrogens with two attached hydrogens (primary N) is 1. The highest BCUT2D eigenvalue weighted by Gasteiger charge is 2.44. The molecule has 0 bridgehead atoms. The molecule has 1 aliphatic rings. The van der Waals surface area contributed by atoms with Crippen LogP contribution in [0.4, 0.5) is 0 Å². The molecule has 1 aliphatic carbocycles. The van der Waals surface area contributed by atoms with E-state index in [1.165, 1.54) is 25.7 Å². The van der Waals surface area contributed by atoms with Crippen LogP contribution in [0.15, 0.2) is 0 Å². The summed E-state index contributed by atoms with van der Waals surface area (Å²) in [6.45, 7) is 14.4. The summed E-state index contributed by atoms with van der Waals surface area (Å²) in [5, 5.41) is 3.81. The van der Waals surface area contributed by atoms with E-state index in [0.717, 1.165) is 32.7 Å². The Labute approximate surface area is 113 Å². The maximum atomic E-state index is 6.12. The van der Waals surface area contributed by atoms with E-state index in [-0.39, 0.29) is 5.54 Å². The topological polar surface area (TPSA) is 41.3 Å². The summed E-state index contributed by atoms with van der Waals surface area (Å²) in [5.41, 5.74) is 6.59. The van der Waals surface area contributed by atoms with Crippen LogP contribution in [0, 0.1) is 5.41 Å². The van der Waals surface area contributed by atoms with Gasteiger partial charge in [0.2, 0.25) is 0 Å². The van der Waals surface area contributed by atoms with E-state index in [2.05, 4.69) is 37.9 Å². The molecule has 0 amide bonds. The van der Waals surface area contributed by atoms with Gasteiger partial charge in [0.1, 0.15) is 0 Å². The molecule has 0 saturated heterocycles. The van der Waals surface area contributed by atoms with Crippen molar-refractivity contribution in [3.8, 4) is 0 Å². The zero-order chi connectivity index (χ0) is 13.6. The van der Waals surface area contributed by atoms with Gasteiger partial charge in [0.25, 0.3) is 0 Å². The maximum absolute atomic E-state index is 6.12. The number of hydrogen-bond donors (Lipinski definition) is 2. The first kappa shape index (κ1) is 15.9. The fourth-order valence-electron chi connectivity index (χ4n) is 3.34. The van der Waals surface area contributed by atoms with Gasteiger partial charge in [-0.1, -0.05) is 40.5 Å². The molecule has 0 aliphatic heterocycles. The summed E-state index contributed by atoms with van der Waals surface area (Å²) in [6.07, 6.45) is 5.20. The van der Waals surface area contributed by atoms with E-state index < -0.39 is 0 Å². The van der Waals surface area contributed by atoms with E-state index in [4.69, 9.17) is 5.73 Å². The van der Waals surface area contributed by atoms with Crippen molar-refractivity contribution in [3.63, 3.8) is 0 Å². The summed E-state index contributed by atoms with van der Waals surface area (Å²) < 4.78 is 0. The molecular weight excluding hydrogens is 222 g/mol. The monoisotopic (exact) mass is 255 g/mol. The van der Waals surface area contributed by atoms with Gasteiger partial charge >= 0.3 is 0 Å². The average Bonchev–Trinajstić information content (AvgIpc) is 2.36. The smallest absolute Gasteiger partial charge is 0.0355 e. The Kier molecular flexibility index (Phi) is 6.09. The summed E-state index contributed by atoms with van der Waals surface area (Å²) in [6, 6.07) is 0. The number of rotatable bonds is 7. The molecule has 0 spiro atoms. The Hall–Kier alpha value is -0.120. The first-order valence-corrected chi connectivity index (χ1v) is 7.69. The second-order valence-corrected chi connectivity index (χ2v) is 6.33. The first-order chi connectivity index (χ1) is 8.51. The number of nitrogens with zero attached hydrogens (tertiary/aromatic N) is 1. The minimum atomic E-state index is 0.151. The minimum Gasteiger partial charge on any atom is -0.329 e. The van der Waals surface area contributed by atoms with Gasteiger partial charge in [-0.3, -0.25) is 0 Å². The molecule has 0 aromatic rings. The molecule has 0 radical (unpaired) electrons. The average molecular weight is 255 g/mol. The molecule has 108 valence electrons. The van der Waals surface area contributed by atoms with Crippen LogP contribution in [0.2, 0.25) is 0 Å². The minimum absolute atomic E-state index is 0.151. The molecule has 3 heteroatoms. The lowest BCUT2D eigenvalue weighted by Gasteiger charge is -2.50. The van der Waals surface area contributed by atoms with Crippen molar-refractivity contribution in [2.45, 2.75) is 58.9 Å². The summed E-state index contributed by atoms with van der Waals surface area (Å²) >= 11 is 0. The van der Waals surface area contributed by atoms with Gasteiger partial charge in [0.15, 0.2) is 0 Å². The van der Waals surface area contributed by atoms with Gasteiger partial charge < -0.3 is 16.0 Å². The van der Waals surface area contributed by atoms with E-state index in [1.807, 2.05) is 0 Å². The van der Waals surface area contributed by atoms with E-state index in [0.29, 0.717) is 5.41 Å². The van der Waals surface area contributed by atoms with E-state index in [9.17, 15) is 0 Å². The van der Waals surface area contributed by atoms with Crippen LogP contribution < -0.4 is 11.1 Å². The largest absolute Gasteiger partial charge is 0.329 e. The van der Waals surface area contributed by atoms with Gasteiger partial charge in [0.05, 0.1) is 0 Å². The molecular formula is C15H33N3. The lowest BCUT2D eigenvalue weighted by Crippen LogP contribution is -2.63. The summed E-state index contributed by atoms with van der Waals surface area (Å²) in [5.74, 6) is 0. The van der Waals surface area contributed by atoms with Crippen LogP contribution in [0.3, 0.4) is 0 Å². The number of likely N-dealkylation sites (N-methyl/N-ethyl adjacent to an activating group) is 1. The Balaban J connectivity index is 2.54. The third-order valence-electron chi connectivity index (χ3n) is 5.09. The van der Waals surface area contributed by atoms with Gasteiger partial charge in [-0.25, -0.2) is 0 Å². The second-order valence-electron chi connectivity index (χ2n) is 6.33. The van der Waals surface area contributed by atoms with Gasteiger partial charge in [-0.2, -0.15) is 0 Å². The Morgan fingerprint density at radius 2 is 1.72 bits per heavy atom. The molecule has 3 N–H and O–H groups in total. The van der Waals surface area contributed by atoms with Crippen LogP contribution in [-0.4, -0.2) is 43.2 Å². The third kappa shape index (κ3) is 3.46. The molecule has 0 aromatic heterocycles.